The fourth-order valence-electron chi connectivity index (χ4n) is 1.11. The van der Waals surface area contributed by atoms with Crippen molar-refractivity contribution in [1.82, 2.24) is 9.44 Å². The molecule has 0 heterocycles. The van der Waals surface area contributed by atoms with E-state index >= 15 is 0 Å². The van der Waals surface area contributed by atoms with E-state index < -0.39 is 16.3 Å². The second kappa shape index (κ2) is 7.17. The molecule has 0 fully saturated rings. The molecule has 1 amide bonds. The molecular weight excluding hydrogens is 312 g/mol. The van der Waals surface area contributed by atoms with Crippen LogP contribution in [0.5, 0.6) is 0 Å². The summed E-state index contributed by atoms with van der Waals surface area (Å²) in [7, 11) is -2.74. The van der Waals surface area contributed by atoms with Crippen molar-refractivity contribution >= 4 is 32.2 Å². The van der Waals surface area contributed by atoms with Crippen molar-refractivity contribution in [3.05, 3.63) is 0 Å². The highest BCUT2D eigenvalue weighted by molar-refractivity contribution is 9.09. The average molecular weight is 331 g/mol. The van der Waals surface area contributed by atoms with Crippen LogP contribution < -0.4 is 9.44 Å². The van der Waals surface area contributed by atoms with Gasteiger partial charge in [0.2, 0.25) is 0 Å². The Kier molecular flexibility index (Phi) is 7.03. The highest BCUT2D eigenvalue weighted by atomic mass is 79.9. The van der Waals surface area contributed by atoms with E-state index in [2.05, 4.69) is 25.4 Å². The molecule has 0 aromatic heterocycles. The van der Waals surface area contributed by atoms with Gasteiger partial charge >= 0.3 is 16.3 Å². The molecule has 6 nitrogen and oxygen atoms in total. The van der Waals surface area contributed by atoms with Crippen molar-refractivity contribution < 1.29 is 17.9 Å². The minimum absolute atomic E-state index is 0.168. The predicted octanol–water partition coefficient (Wildman–Crippen LogP) is 1.38. The van der Waals surface area contributed by atoms with Crippen molar-refractivity contribution in [2.24, 2.45) is 5.41 Å². The molecule has 0 rings (SSSR count). The number of halogens is 1. The summed E-state index contributed by atoms with van der Waals surface area (Å²) in [5.74, 6) is 0. The lowest BCUT2D eigenvalue weighted by Gasteiger charge is -2.24. The summed E-state index contributed by atoms with van der Waals surface area (Å²) in [5, 5.41) is 0.879. The van der Waals surface area contributed by atoms with Crippen LogP contribution in [0.2, 0.25) is 0 Å². The Balaban J connectivity index is 4.21. The van der Waals surface area contributed by atoms with Gasteiger partial charge in [-0.2, -0.15) is 13.1 Å². The lowest BCUT2D eigenvalue weighted by molar-refractivity contribution is 0.177. The van der Waals surface area contributed by atoms with Crippen LogP contribution in [-0.2, 0) is 14.9 Å². The third-order valence-electron chi connectivity index (χ3n) is 2.13. The van der Waals surface area contributed by atoms with Crippen molar-refractivity contribution in [3.8, 4) is 0 Å². The molecular formula is C9H19BrN2O4S. The second-order valence-corrected chi connectivity index (χ2v) is 6.67. The van der Waals surface area contributed by atoms with Crippen LogP contribution >= 0.6 is 15.9 Å². The molecule has 0 aliphatic carbocycles. The van der Waals surface area contributed by atoms with Crippen molar-refractivity contribution in [1.29, 1.82) is 0 Å². The number of methoxy groups -OCH3 is 1. The maximum atomic E-state index is 11.4. The smallest absolute Gasteiger partial charge is 0.421 e. The molecule has 0 radical (unpaired) electrons. The molecule has 0 aromatic rings. The van der Waals surface area contributed by atoms with E-state index in [1.165, 1.54) is 0 Å². The van der Waals surface area contributed by atoms with Crippen LogP contribution in [0.15, 0.2) is 0 Å². The fraction of sp³-hybridized carbons (Fsp3) is 0.889. The summed E-state index contributed by atoms with van der Waals surface area (Å²) in [6.45, 7) is 4.17. The summed E-state index contributed by atoms with van der Waals surface area (Å²) in [6.07, 6.45) is 0.828. The zero-order valence-electron chi connectivity index (χ0n) is 10.2. The monoisotopic (exact) mass is 330 g/mol. The Labute approximate surface area is 111 Å². The van der Waals surface area contributed by atoms with Gasteiger partial charge in [-0.3, -0.25) is 0 Å². The summed E-state index contributed by atoms with van der Waals surface area (Å²) < 4.78 is 31.0. The maximum absolute atomic E-state index is 11.4. The van der Waals surface area contributed by atoms with Gasteiger partial charge in [0.25, 0.3) is 0 Å². The first-order chi connectivity index (χ1) is 7.72. The SMILES string of the molecule is COC(=O)NS(=O)(=O)NCC(C)(C)CCCBr. The van der Waals surface area contributed by atoms with E-state index in [1.54, 1.807) is 4.72 Å². The Hall–Kier alpha value is -0.340. The Morgan fingerprint density at radius 2 is 2.00 bits per heavy atom. The van der Waals surface area contributed by atoms with Crippen LogP contribution in [0.1, 0.15) is 26.7 Å². The van der Waals surface area contributed by atoms with Gasteiger partial charge in [0, 0.05) is 11.9 Å². The van der Waals surface area contributed by atoms with E-state index in [-0.39, 0.29) is 12.0 Å². The number of ether oxygens (including phenoxy) is 1. The van der Waals surface area contributed by atoms with Crippen LogP contribution in [0.3, 0.4) is 0 Å². The predicted molar refractivity (Wildman–Crippen MR) is 69.3 cm³/mol. The number of carbonyl (C=O) groups excluding carboxylic acids is 1. The van der Waals surface area contributed by atoms with Crippen LogP contribution in [0.4, 0.5) is 4.79 Å². The highest BCUT2D eigenvalue weighted by Crippen LogP contribution is 2.21. The summed E-state index contributed by atoms with van der Waals surface area (Å²) in [6, 6.07) is 0. The minimum atomic E-state index is -3.84. The Morgan fingerprint density at radius 1 is 1.41 bits per heavy atom. The number of amides is 1. The normalized spacial score (nSPS) is 12.2. The Bertz CT molecular complexity index is 343. The first-order valence-corrected chi connectivity index (χ1v) is 7.74. The number of hydrogen-bond donors (Lipinski definition) is 2. The van der Waals surface area contributed by atoms with Gasteiger partial charge in [-0.15, -0.1) is 0 Å². The quantitative estimate of drug-likeness (QED) is 0.690. The summed E-state index contributed by atoms with van der Waals surface area (Å²) in [5.41, 5.74) is -0.168. The molecule has 0 bridgehead atoms. The third kappa shape index (κ3) is 8.39. The molecule has 2 N–H and O–H groups in total. The number of rotatable bonds is 7. The molecule has 8 heteroatoms. The van der Waals surface area contributed by atoms with E-state index in [1.807, 2.05) is 13.8 Å². The molecule has 0 aliphatic rings. The molecule has 0 saturated carbocycles. The van der Waals surface area contributed by atoms with Crippen LogP contribution in [0.25, 0.3) is 0 Å². The number of carbonyl (C=O) groups is 1. The van der Waals surface area contributed by atoms with Crippen LogP contribution in [0, 0.1) is 5.41 Å². The van der Waals surface area contributed by atoms with E-state index in [9.17, 15) is 13.2 Å². The molecule has 0 aromatic carbocycles. The summed E-state index contributed by atoms with van der Waals surface area (Å²) >= 11 is 3.32. The average Bonchev–Trinajstić information content (AvgIpc) is 2.23. The first kappa shape index (κ1) is 16.7. The topological polar surface area (TPSA) is 84.5 Å². The fourth-order valence-corrected chi connectivity index (χ4v) is 2.35. The second-order valence-electron chi connectivity index (χ2n) is 4.37. The molecule has 0 unspecified atom stereocenters. The lowest BCUT2D eigenvalue weighted by Crippen LogP contribution is -2.43. The van der Waals surface area contributed by atoms with E-state index in [0.717, 1.165) is 25.3 Å². The number of alkyl halides is 1. The van der Waals surface area contributed by atoms with Gasteiger partial charge in [-0.25, -0.2) is 9.52 Å². The van der Waals surface area contributed by atoms with Gasteiger partial charge in [0.1, 0.15) is 0 Å². The molecule has 0 spiro atoms. The lowest BCUT2D eigenvalue weighted by atomic mass is 9.88. The number of nitrogens with one attached hydrogen (secondary N) is 2. The summed E-state index contributed by atoms with van der Waals surface area (Å²) in [4.78, 5) is 10.8. The van der Waals surface area contributed by atoms with Crippen molar-refractivity contribution in [2.75, 3.05) is 19.0 Å². The van der Waals surface area contributed by atoms with Gasteiger partial charge < -0.3 is 4.74 Å². The van der Waals surface area contributed by atoms with Gasteiger partial charge in [0.15, 0.2) is 0 Å². The molecule has 0 atom stereocenters. The zero-order chi connectivity index (χ0) is 13.5. The number of hydrogen-bond acceptors (Lipinski definition) is 4. The van der Waals surface area contributed by atoms with Gasteiger partial charge in [-0.05, 0) is 18.3 Å². The van der Waals surface area contributed by atoms with E-state index in [0.29, 0.717) is 0 Å². The van der Waals surface area contributed by atoms with Crippen molar-refractivity contribution in [2.45, 2.75) is 26.7 Å². The van der Waals surface area contributed by atoms with Gasteiger partial charge in [0.05, 0.1) is 7.11 Å². The van der Waals surface area contributed by atoms with Gasteiger partial charge in [-0.1, -0.05) is 29.8 Å². The van der Waals surface area contributed by atoms with E-state index in [4.69, 9.17) is 0 Å². The third-order valence-corrected chi connectivity index (χ3v) is 3.65. The zero-order valence-corrected chi connectivity index (χ0v) is 12.7. The highest BCUT2D eigenvalue weighted by Gasteiger charge is 2.21. The van der Waals surface area contributed by atoms with Crippen LogP contribution in [-0.4, -0.2) is 33.5 Å². The molecule has 102 valence electrons. The standard InChI is InChI=1S/C9H19BrN2O4S/c1-9(2,5-4-6-10)7-11-17(14,15)12-8(13)16-3/h11H,4-7H2,1-3H3,(H,12,13). The first-order valence-electron chi connectivity index (χ1n) is 5.14. The molecule has 0 aliphatic heterocycles. The Morgan fingerprint density at radius 3 is 2.47 bits per heavy atom. The maximum Gasteiger partial charge on any atom is 0.421 e. The largest absolute Gasteiger partial charge is 0.452 e. The molecule has 17 heavy (non-hydrogen) atoms. The minimum Gasteiger partial charge on any atom is -0.452 e. The molecule has 0 saturated heterocycles. The van der Waals surface area contributed by atoms with Crippen molar-refractivity contribution in [3.63, 3.8) is 0 Å².